The lowest BCUT2D eigenvalue weighted by atomic mass is 10.0. The Labute approximate surface area is 190 Å². The minimum atomic E-state index is -4.54. The van der Waals surface area contributed by atoms with Crippen LogP contribution in [-0.2, 0) is 16.3 Å². The molecule has 3 aromatic carbocycles. The molecule has 0 atom stereocenters. The molecule has 0 spiro atoms. The standard InChI is InChI=1S/C23H15F4NO5S/c1-33-21-11-17(13-2-5-15(6-3-13)23(25,26)27)18(24)12-20(21)28-19-8-7-16(34(30,31)32)10-14(19)4-9-22(28)29/h2-12H,1H3,(H,30,31,32). The van der Waals surface area contributed by atoms with E-state index in [1.165, 1.54) is 25.3 Å². The van der Waals surface area contributed by atoms with Gasteiger partial charge in [-0.25, -0.2) is 4.39 Å². The Balaban J connectivity index is 1.90. The molecule has 0 unspecified atom stereocenters. The van der Waals surface area contributed by atoms with Gasteiger partial charge in [-0.2, -0.15) is 21.6 Å². The van der Waals surface area contributed by atoms with Crippen LogP contribution in [0.25, 0.3) is 27.7 Å². The maximum Gasteiger partial charge on any atom is 0.416 e. The maximum absolute atomic E-state index is 15.1. The van der Waals surface area contributed by atoms with Gasteiger partial charge in [-0.05, 0) is 48.0 Å². The third-order valence-corrected chi connectivity index (χ3v) is 6.05. The van der Waals surface area contributed by atoms with E-state index >= 15 is 4.39 Å². The molecule has 0 aliphatic rings. The molecule has 0 amide bonds. The van der Waals surface area contributed by atoms with E-state index in [1.54, 1.807) is 0 Å². The molecular formula is C23H15F4NO5S. The summed E-state index contributed by atoms with van der Waals surface area (Å²) in [4.78, 5) is 12.3. The number of alkyl halides is 3. The van der Waals surface area contributed by atoms with E-state index < -0.39 is 33.2 Å². The average molecular weight is 493 g/mol. The largest absolute Gasteiger partial charge is 0.495 e. The molecule has 1 aromatic heterocycles. The third-order valence-electron chi connectivity index (χ3n) is 5.20. The Kier molecular flexibility index (Phi) is 5.70. The smallest absolute Gasteiger partial charge is 0.416 e. The first-order valence-electron chi connectivity index (χ1n) is 9.59. The Bertz CT molecular complexity index is 1580. The molecular weight excluding hydrogens is 478 g/mol. The zero-order chi connectivity index (χ0) is 24.8. The summed E-state index contributed by atoms with van der Waals surface area (Å²) in [6.07, 6.45) is -4.54. The predicted octanol–water partition coefficient (Wildman–Crippen LogP) is 5.07. The molecule has 0 aliphatic heterocycles. The lowest BCUT2D eigenvalue weighted by Crippen LogP contribution is -2.18. The first-order chi connectivity index (χ1) is 15.9. The topological polar surface area (TPSA) is 85.6 Å². The highest BCUT2D eigenvalue weighted by Gasteiger charge is 2.30. The maximum atomic E-state index is 15.1. The molecule has 11 heteroatoms. The fourth-order valence-electron chi connectivity index (χ4n) is 3.57. The van der Waals surface area contributed by atoms with Crippen molar-refractivity contribution in [1.82, 2.24) is 4.57 Å². The highest BCUT2D eigenvalue weighted by Crippen LogP contribution is 2.35. The van der Waals surface area contributed by atoms with Crippen LogP contribution < -0.4 is 10.3 Å². The number of nitrogens with zero attached hydrogens (tertiary/aromatic N) is 1. The van der Waals surface area contributed by atoms with E-state index in [9.17, 15) is 30.9 Å². The van der Waals surface area contributed by atoms with Crippen LogP contribution in [0.15, 0.2) is 76.4 Å². The fraction of sp³-hybridized carbons (Fsp3) is 0.0870. The van der Waals surface area contributed by atoms with Crippen molar-refractivity contribution in [3.63, 3.8) is 0 Å². The lowest BCUT2D eigenvalue weighted by Gasteiger charge is -2.16. The number of hydrogen-bond acceptors (Lipinski definition) is 4. The number of aromatic nitrogens is 1. The van der Waals surface area contributed by atoms with Crippen molar-refractivity contribution in [2.75, 3.05) is 7.11 Å². The molecule has 1 N–H and O–H groups in total. The second-order valence-corrected chi connectivity index (χ2v) is 8.70. The van der Waals surface area contributed by atoms with E-state index in [0.29, 0.717) is 0 Å². The van der Waals surface area contributed by atoms with Crippen molar-refractivity contribution in [1.29, 1.82) is 0 Å². The van der Waals surface area contributed by atoms with Crippen LogP contribution in [0, 0.1) is 5.82 Å². The van der Waals surface area contributed by atoms with Gasteiger partial charge in [-0.3, -0.25) is 13.9 Å². The number of methoxy groups -OCH3 is 1. The van der Waals surface area contributed by atoms with Gasteiger partial charge < -0.3 is 4.74 Å². The van der Waals surface area contributed by atoms with E-state index in [1.807, 2.05) is 0 Å². The summed E-state index contributed by atoms with van der Waals surface area (Å²) in [6.45, 7) is 0. The van der Waals surface area contributed by atoms with Crippen molar-refractivity contribution in [2.45, 2.75) is 11.1 Å². The predicted molar refractivity (Wildman–Crippen MR) is 116 cm³/mol. The lowest BCUT2D eigenvalue weighted by molar-refractivity contribution is -0.137. The van der Waals surface area contributed by atoms with Crippen molar-refractivity contribution in [3.05, 3.63) is 88.5 Å². The van der Waals surface area contributed by atoms with Gasteiger partial charge >= 0.3 is 6.18 Å². The SMILES string of the molecule is COc1cc(-c2ccc(C(F)(F)F)cc2)c(F)cc1-n1c(=O)ccc2cc(S(=O)(=O)O)ccc21. The van der Waals surface area contributed by atoms with Crippen LogP contribution in [0.1, 0.15) is 5.56 Å². The quantitative estimate of drug-likeness (QED) is 0.317. The number of hydrogen-bond donors (Lipinski definition) is 1. The minimum absolute atomic E-state index is 0.00846. The molecule has 176 valence electrons. The van der Waals surface area contributed by atoms with Crippen LogP contribution in [0.5, 0.6) is 5.75 Å². The highest BCUT2D eigenvalue weighted by atomic mass is 32.2. The number of ether oxygens (including phenoxy) is 1. The second-order valence-electron chi connectivity index (χ2n) is 7.28. The summed E-state index contributed by atoms with van der Waals surface area (Å²) >= 11 is 0. The normalized spacial score (nSPS) is 12.2. The summed E-state index contributed by atoms with van der Waals surface area (Å²) in [6, 6.07) is 12.2. The van der Waals surface area contributed by atoms with Crippen molar-refractivity contribution in [3.8, 4) is 22.6 Å². The zero-order valence-corrected chi connectivity index (χ0v) is 18.1. The van der Waals surface area contributed by atoms with Gasteiger partial charge in [0.25, 0.3) is 15.7 Å². The molecule has 0 radical (unpaired) electrons. The van der Waals surface area contributed by atoms with Crippen molar-refractivity contribution in [2.24, 2.45) is 0 Å². The molecule has 4 aromatic rings. The Morgan fingerprint density at radius 3 is 2.21 bits per heavy atom. The second kappa shape index (κ2) is 8.26. The van der Waals surface area contributed by atoms with Gasteiger partial charge in [0.05, 0.1) is 28.8 Å². The molecule has 34 heavy (non-hydrogen) atoms. The number of halogens is 4. The van der Waals surface area contributed by atoms with Gasteiger partial charge in [-0.1, -0.05) is 12.1 Å². The molecule has 0 saturated heterocycles. The minimum Gasteiger partial charge on any atom is -0.495 e. The van der Waals surface area contributed by atoms with E-state index in [0.717, 1.165) is 53.1 Å². The Hall–Kier alpha value is -3.70. The zero-order valence-electron chi connectivity index (χ0n) is 17.3. The van der Waals surface area contributed by atoms with Gasteiger partial charge in [0.15, 0.2) is 0 Å². The molecule has 0 aliphatic carbocycles. The van der Waals surface area contributed by atoms with Gasteiger partial charge in [0.1, 0.15) is 11.6 Å². The summed E-state index contributed by atoms with van der Waals surface area (Å²) in [5, 5.41) is 0.268. The van der Waals surface area contributed by atoms with E-state index in [2.05, 4.69) is 0 Å². The monoisotopic (exact) mass is 493 g/mol. The van der Waals surface area contributed by atoms with Crippen LogP contribution in [-0.4, -0.2) is 24.6 Å². The van der Waals surface area contributed by atoms with Gasteiger partial charge in [0, 0.05) is 23.1 Å². The molecule has 6 nitrogen and oxygen atoms in total. The van der Waals surface area contributed by atoms with Gasteiger partial charge in [0.2, 0.25) is 0 Å². The molecule has 0 bridgehead atoms. The summed E-state index contributed by atoms with van der Waals surface area (Å²) in [5.41, 5.74) is -1.14. The number of fused-ring (bicyclic) bond motifs is 1. The van der Waals surface area contributed by atoms with Crippen LogP contribution in [0.4, 0.5) is 17.6 Å². The van der Waals surface area contributed by atoms with Crippen LogP contribution >= 0.6 is 0 Å². The van der Waals surface area contributed by atoms with Crippen LogP contribution in [0.3, 0.4) is 0 Å². The van der Waals surface area contributed by atoms with E-state index in [4.69, 9.17) is 4.74 Å². The summed E-state index contributed by atoms with van der Waals surface area (Å²) < 4.78 is 92.3. The van der Waals surface area contributed by atoms with Crippen molar-refractivity contribution >= 4 is 21.0 Å². The molecule has 1 heterocycles. The molecule has 0 saturated carbocycles. The average Bonchev–Trinajstić information content (AvgIpc) is 2.77. The number of pyridine rings is 1. The number of rotatable bonds is 4. The first kappa shape index (κ1) is 23.5. The fourth-order valence-corrected chi connectivity index (χ4v) is 4.09. The highest BCUT2D eigenvalue weighted by molar-refractivity contribution is 7.85. The molecule has 4 rings (SSSR count). The van der Waals surface area contributed by atoms with E-state index in [-0.39, 0.29) is 38.4 Å². The summed E-state index contributed by atoms with van der Waals surface area (Å²) in [5.74, 6) is -0.779. The molecule has 0 fully saturated rings. The Morgan fingerprint density at radius 1 is 0.941 bits per heavy atom. The number of benzene rings is 3. The van der Waals surface area contributed by atoms with Crippen molar-refractivity contribution < 1.29 is 35.3 Å². The Morgan fingerprint density at radius 2 is 1.62 bits per heavy atom. The third kappa shape index (κ3) is 4.27. The first-order valence-corrected chi connectivity index (χ1v) is 11.0. The van der Waals surface area contributed by atoms with Crippen LogP contribution in [0.2, 0.25) is 0 Å². The summed E-state index contributed by atoms with van der Waals surface area (Å²) in [7, 11) is -3.21. The van der Waals surface area contributed by atoms with Gasteiger partial charge in [-0.15, -0.1) is 0 Å².